The number of amides is 1. The van der Waals surface area contributed by atoms with Gasteiger partial charge in [-0.3, -0.25) is 4.79 Å². The molecule has 0 saturated carbocycles. The fourth-order valence-corrected chi connectivity index (χ4v) is 2.06. The van der Waals surface area contributed by atoms with Crippen LogP contribution in [0.5, 0.6) is 0 Å². The van der Waals surface area contributed by atoms with E-state index in [2.05, 4.69) is 10.3 Å². The molecule has 2 atom stereocenters. The SMILES string of the molecule is NC1C=C(C(=O)Nc2ncccc2C(F)(F)F)CCC1N. The Bertz CT molecular complexity index is 571. The highest BCUT2D eigenvalue weighted by molar-refractivity contribution is 6.03. The van der Waals surface area contributed by atoms with E-state index in [1.165, 1.54) is 12.3 Å². The summed E-state index contributed by atoms with van der Waals surface area (Å²) in [6.07, 6.45) is -1.04. The molecule has 1 amide bonds. The van der Waals surface area contributed by atoms with E-state index in [4.69, 9.17) is 11.5 Å². The van der Waals surface area contributed by atoms with Crippen LogP contribution in [0.25, 0.3) is 0 Å². The molecule has 21 heavy (non-hydrogen) atoms. The van der Waals surface area contributed by atoms with Crippen molar-refractivity contribution in [1.29, 1.82) is 0 Å². The fourth-order valence-electron chi connectivity index (χ4n) is 2.06. The predicted octanol–water partition coefficient (Wildman–Crippen LogP) is 1.41. The second-order valence-electron chi connectivity index (χ2n) is 4.82. The molecule has 1 aliphatic rings. The summed E-state index contributed by atoms with van der Waals surface area (Å²) in [7, 11) is 0. The van der Waals surface area contributed by atoms with Crippen molar-refractivity contribution >= 4 is 11.7 Å². The Morgan fingerprint density at radius 3 is 2.71 bits per heavy atom. The van der Waals surface area contributed by atoms with Crippen LogP contribution in [0.15, 0.2) is 30.0 Å². The van der Waals surface area contributed by atoms with Crippen LogP contribution in [-0.4, -0.2) is 23.0 Å². The normalized spacial score (nSPS) is 22.6. The molecule has 0 aromatic carbocycles. The number of rotatable bonds is 2. The molecule has 5 N–H and O–H groups in total. The lowest BCUT2D eigenvalue weighted by atomic mass is 9.92. The van der Waals surface area contributed by atoms with Crippen molar-refractivity contribution in [2.24, 2.45) is 11.5 Å². The summed E-state index contributed by atoms with van der Waals surface area (Å²) in [5, 5.41) is 2.19. The van der Waals surface area contributed by atoms with Gasteiger partial charge >= 0.3 is 6.18 Å². The Hall–Kier alpha value is -1.93. The Morgan fingerprint density at radius 1 is 1.38 bits per heavy atom. The predicted molar refractivity (Wildman–Crippen MR) is 71.1 cm³/mol. The first-order chi connectivity index (χ1) is 9.79. The number of hydrogen-bond donors (Lipinski definition) is 3. The number of alkyl halides is 3. The zero-order valence-electron chi connectivity index (χ0n) is 11.0. The molecule has 8 heteroatoms. The summed E-state index contributed by atoms with van der Waals surface area (Å²) in [4.78, 5) is 15.6. The number of nitrogens with two attached hydrogens (primary N) is 2. The summed E-state index contributed by atoms with van der Waals surface area (Å²) in [5.41, 5.74) is 10.8. The highest BCUT2D eigenvalue weighted by atomic mass is 19.4. The van der Waals surface area contributed by atoms with E-state index in [-0.39, 0.29) is 6.04 Å². The van der Waals surface area contributed by atoms with Crippen LogP contribution in [0, 0.1) is 0 Å². The number of hydrogen-bond acceptors (Lipinski definition) is 4. The molecule has 1 aromatic rings. The zero-order valence-corrected chi connectivity index (χ0v) is 11.0. The van der Waals surface area contributed by atoms with Crippen molar-refractivity contribution in [2.75, 3.05) is 5.32 Å². The minimum atomic E-state index is -4.59. The lowest BCUT2D eigenvalue weighted by Crippen LogP contribution is -2.43. The number of anilines is 1. The van der Waals surface area contributed by atoms with Gasteiger partial charge in [-0.15, -0.1) is 0 Å². The first-order valence-electron chi connectivity index (χ1n) is 6.34. The van der Waals surface area contributed by atoms with Gasteiger partial charge in [0.05, 0.1) is 5.56 Å². The number of carbonyl (C=O) groups is 1. The molecule has 1 heterocycles. The third-order valence-corrected chi connectivity index (χ3v) is 3.27. The van der Waals surface area contributed by atoms with Crippen molar-refractivity contribution in [3.8, 4) is 0 Å². The lowest BCUT2D eigenvalue weighted by Gasteiger charge is -2.24. The molecule has 1 aliphatic carbocycles. The minimum absolute atomic E-state index is 0.248. The van der Waals surface area contributed by atoms with Gasteiger partial charge in [-0.25, -0.2) is 4.98 Å². The smallest absolute Gasteiger partial charge is 0.326 e. The monoisotopic (exact) mass is 300 g/mol. The first kappa shape index (κ1) is 15.5. The van der Waals surface area contributed by atoms with Gasteiger partial charge in [-0.05, 0) is 25.0 Å². The van der Waals surface area contributed by atoms with E-state index in [1.54, 1.807) is 0 Å². The Balaban J connectivity index is 2.20. The average Bonchev–Trinajstić information content (AvgIpc) is 2.41. The Morgan fingerprint density at radius 2 is 2.10 bits per heavy atom. The van der Waals surface area contributed by atoms with Gasteiger partial charge in [-0.2, -0.15) is 13.2 Å². The van der Waals surface area contributed by atoms with Crippen molar-refractivity contribution in [2.45, 2.75) is 31.1 Å². The second-order valence-corrected chi connectivity index (χ2v) is 4.82. The van der Waals surface area contributed by atoms with E-state index >= 15 is 0 Å². The van der Waals surface area contributed by atoms with E-state index in [0.717, 1.165) is 12.1 Å². The molecule has 0 bridgehead atoms. The van der Waals surface area contributed by atoms with Gasteiger partial charge in [0.15, 0.2) is 0 Å². The molecule has 1 aromatic heterocycles. The maximum absolute atomic E-state index is 12.8. The molecule has 0 saturated heterocycles. The van der Waals surface area contributed by atoms with Crippen LogP contribution in [0.4, 0.5) is 19.0 Å². The van der Waals surface area contributed by atoms with Gasteiger partial charge < -0.3 is 16.8 Å². The Kier molecular flexibility index (Phi) is 4.29. The molecule has 0 radical (unpaired) electrons. The number of aromatic nitrogens is 1. The van der Waals surface area contributed by atoms with Gasteiger partial charge in [-0.1, -0.05) is 6.08 Å². The molecular weight excluding hydrogens is 285 g/mol. The summed E-state index contributed by atoms with van der Waals surface area (Å²) in [6.45, 7) is 0. The summed E-state index contributed by atoms with van der Waals surface area (Å²) >= 11 is 0. The number of halogens is 3. The van der Waals surface area contributed by atoms with Crippen molar-refractivity contribution in [3.05, 3.63) is 35.5 Å². The van der Waals surface area contributed by atoms with Crippen molar-refractivity contribution in [1.82, 2.24) is 4.98 Å². The molecule has 2 unspecified atom stereocenters. The fraction of sp³-hybridized carbons (Fsp3) is 0.385. The third-order valence-electron chi connectivity index (χ3n) is 3.27. The molecule has 0 fully saturated rings. The van der Waals surface area contributed by atoms with E-state index in [9.17, 15) is 18.0 Å². The maximum Gasteiger partial charge on any atom is 0.419 e. The maximum atomic E-state index is 12.8. The van der Waals surface area contributed by atoms with Crippen LogP contribution in [0.3, 0.4) is 0 Å². The molecule has 0 aliphatic heterocycles. The van der Waals surface area contributed by atoms with Gasteiger partial charge in [0.1, 0.15) is 5.82 Å². The first-order valence-corrected chi connectivity index (χ1v) is 6.34. The molecule has 2 rings (SSSR count). The number of nitrogens with one attached hydrogen (secondary N) is 1. The van der Waals surface area contributed by atoms with Crippen molar-refractivity contribution in [3.63, 3.8) is 0 Å². The summed E-state index contributed by atoms with van der Waals surface area (Å²) in [5.74, 6) is -1.15. The molecule has 114 valence electrons. The quantitative estimate of drug-likeness (QED) is 0.770. The van der Waals surface area contributed by atoms with E-state index in [1.807, 2.05) is 0 Å². The van der Waals surface area contributed by atoms with Crippen LogP contribution in [-0.2, 0) is 11.0 Å². The average molecular weight is 300 g/mol. The third kappa shape index (κ3) is 3.59. The van der Waals surface area contributed by atoms with Gasteiger partial charge in [0, 0.05) is 23.9 Å². The van der Waals surface area contributed by atoms with Gasteiger partial charge in [0.25, 0.3) is 5.91 Å². The topological polar surface area (TPSA) is 94.0 Å². The number of nitrogens with zero attached hydrogens (tertiary/aromatic N) is 1. The van der Waals surface area contributed by atoms with E-state index in [0.29, 0.717) is 18.4 Å². The minimum Gasteiger partial charge on any atom is -0.326 e. The number of carbonyl (C=O) groups excluding carboxylic acids is 1. The number of pyridine rings is 1. The highest BCUT2D eigenvalue weighted by Crippen LogP contribution is 2.33. The second kappa shape index (κ2) is 5.82. The summed E-state index contributed by atoms with van der Waals surface area (Å²) in [6, 6.07) is 1.29. The molecular formula is C13H15F3N4O. The molecule has 0 spiro atoms. The van der Waals surface area contributed by atoms with Crippen LogP contribution < -0.4 is 16.8 Å². The largest absolute Gasteiger partial charge is 0.419 e. The standard InChI is InChI=1S/C13H15F3N4O/c14-13(15,16)8-2-1-5-19-11(8)20-12(21)7-3-4-9(17)10(18)6-7/h1-2,5-6,9-10H,3-4,17-18H2,(H,19,20,21). The van der Waals surface area contributed by atoms with Crippen LogP contribution in [0.1, 0.15) is 18.4 Å². The highest BCUT2D eigenvalue weighted by Gasteiger charge is 2.35. The lowest BCUT2D eigenvalue weighted by molar-refractivity contribution is -0.137. The van der Waals surface area contributed by atoms with Gasteiger partial charge in [0.2, 0.25) is 0 Å². The Labute approximate surface area is 119 Å². The van der Waals surface area contributed by atoms with Crippen LogP contribution >= 0.6 is 0 Å². The van der Waals surface area contributed by atoms with Crippen molar-refractivity contribution < 1.29 is 18.0 Å². The summed E-state index contributed by atoms with van der Waals surface area (Å²) < 4.78 is 38.4. The van der Waals surface area contributed by atoms with Crippen LogP contribution in [0.2, 0.25) is 0 Å². The molecule has 5 nitrogen and oxygen atoms in total. The zero-order chi connectivity index (χ0) is 15.6. The van der Waals surface area contributed by atoms with E-state index < -0.39 is 29.5 Å².